The minimum Gasteiger partial charge on any atom is -0.502 e. The summed E-state index contributed by atoms with van der Waals surface area (Å²) in [5.41, 5.74) is 1.35. The van der Waals surface area contributed by atoms with Gasteiger partial charge in [0.2, 0.25) is 5.76 Å². The molecular weight excluding hydrogens is 206 g/mol. The molecule has 0 aromatic carbocycles. The van der Waals surface area contributed by atoms with Crippen molar-refractivity contribution in [2.24, 2.45) is 0 Å². The summed E-state index contributed by atoms with van der Waals surface area (Å²) in [6, 6.07) is 3.46. The Morgan fingerprint density at radius 2 is 2.38 bits per heavy atom. The van der Waals surface area contributed by atoms with Crippen LogP contribution in [0.15, 0.2) is 30.7 Å². The molecule has 0 aliphatic heterocycles. The van der Waals surface area contributed by atoms with E-state index < -0.39 is 11.7 Å². The fourth-order valence-electron chi connectivity index (χ4n) is 1.03. The highest BCUT2D eigenvalue weighted by Crippen LogP contribution is 2.06. The zero-order chi connectivity index (χ0) is 12.0. The maximum Gasteiger partial charge on any atom is 0.373 e. The minimum atomic E-state index is -0.753. The number of aromatic nitrogens is 1. The second kappa shape index (κ2) is 5.70. The normalized spacial score (nSPS) is 10.9. The van der Waals surface area contributed by atoms with Crippen LogP contribution in [0.4, 0.5) is 0 Å². The summed E-state index contributed by atoms with van der Waals surface area (Å²) in [5, 5.41) is 9.36. The lowest BCUT2D eigenvalue weighted by Crippen LogP contribution is -2.06. The van der Waals surface area contributed by atoms with E-state index in [1.54, 1.807) is 31.3 Å². The van der Waals surface area contributed by atoms with E-state index in [1.165, 1.54) is 6.08 Å². The van der Waals surface area contributed by atoms with Gasteiger partial charge in [-0.1, -0.05) is 18.7 Å². The summed E-state index contributed by atoms with van der Waals surface area (Å²) in [7, 11) is 0. The number of carbonyl (C=O) groups excluding carboxylic acids is 1. The Bertz CT molecular complexity index is 407. The summed E-state index contributed by atoms with van der Waals surface area (Å²) in [6.45, 7) is 5.49. The number of aliphatic hydroxyl groups excluding tert-OH is 1. The molecule has 0 aliphatic rings. The Hall–Kier alpha value is -2.10. The SMILES string of the molecule is C=Cc1ccc(/C=C(\O)C(=O)OCC)nc1. The second-order valence-corrected chi connectivity index (χ2v) is 2.97. The average Bonchev–Trinajstić information content (AvgIpc) is 2.30. The topological polar surface area (TPSA) is 59.4 Å². The Morgan fingerprint density at radius 3 is 2.88 bits per heavy atom. The monoisotopic (exact) mass is 219 g/mol. The van der Waals surface area contributed by atoms with E-state index in [4.69, 9.17) is 0 Å². The smallest absolute Gasteiger partial charge is 0.373 e. The lowest BCUT2D eigenvalue weighted by Gasteiger charge is -2.00. The molecule has 0 unspecified atom stereocenters. The molecular formula is C12H13NO3. The van der Waals surface area contributed by atoms with E-state index in [0.29, 0.717) is 5.69 Å². The van der Waals surface area contributed by atoms with E-state index in [1.807, 2.05) is 0 Å². The molecule has 0 radical (unpaired) electrons. The standard InChI is InChI=1S/C12H13NO3/c1-3-9-5-6-10(13-8-9)7-11(14)12(15)16-4-2/h3,5-8,14H,1,4H2,2H3/b11-7-. The first-order valence-corrected chi connectivity index (χ1v) is 4.83. The van der Waals surface area contributed by atoms with E-state index in [0.717, 1.165) is 5.56 Å². The highest BCUT2D eigenvalue weighted by Gasteiger charge is 2.07. The molecule has 4 heteroatoms. The van der Waals surface area contributed by atoms with Crippen LogP contribution in [0.1, 0.15) is 18.2 Å². The number of aliphatic hydroxyl groups is 1. The first-order valence-electron chi connectivity index (χ1n) is 4.83. The number of rotatable bonds is 4. The van der Waals surface area contributed by atoms with Crippen LogP contribution >= 0.6 is 0 Å². The number of pyridine rings is 1. The van der Waals surface area contributed by atoms with Crippen LogP contribution in [-0.4, -0.2) is 22.7 Å². The number of nitrogens with zero attached hydrogens (tertiary/aromatic N) is 1. The first kappa shape index (κ1) is 12.0. The zero-order valence-electron chi connectivity index (χ0n) is 9.01. The summed E-state index contributed by atoms with van der Waals surface area (Å²) in [4.78, 5) is 15.1. The van der Waals surface area contributed by atoms with E-state index in [2.05, 4.69) is 16.3 Å². The number of carbonyl (C=O) groups is 1. The lowest BCUT2D eigenvalue weighted by molar-refractivity contribution is -0.141. The van der Waals surface area contributed by atoms with Gasteiger partial charge >= 0.3 is 5.97 Å². The van der Waals surface area contributed by atoms with Gasteiger partial charge in [-0.15, -0.1) is 0 Å². The minimum absolute atomic E-state index is 0.222. The first-order chi connectivity index (χ1) is 7.67. The quantitative estimate of drug-likeness (QED) is 0.479. The van der Waals surface area contributed by atoms with Crippen molar-refractivity contribution in [2.45, 2.75) is 6.92 Å². The van der Waals surface area contributed by atoms with Gasteiger partial charge in [0.1, 0.15) is 0 Å². The van der Waals surface area contributed by atoms with Crippen molar-refractivity contribution in [2.75, 3.05) is 6.61 Å². The predicted molar refractivity (Wildman–Crippen MR) is 61.6 cm³/mol. The van der Waals surface area contributed by atoms with Crippen molar-refractivity contribution < 1.29 is 14.6 Å². The molecule has 0 spiro atoms. The van der Waals surface area contributed by atoms with Crippen LogP contribution in [0, 0.1) is 0 Å². The van der Waals surface area contributed by atoms with Crippen LogP contribution in [0.5, 0.6) is 0 Å². The molecule has 1 N–H and O–H groups in total. The van der Waals surface area contributed by atoms with Crippen molar-refractivity contribution >= 4 is 18.1 Å². The van der Waals surface area contributed by atoms with Gasteiger partial charge in [-0.05, 0) is 18.6 Å². The average molecular weight is 219 g/mol. The summed E-state index contributed by atoms with van der Waals surface area (Å²) >= 11 is 0. The number of hydrogen-bond donors (Lipinski definition) is 1. The molecule has 0 amide bonds. The van der Waals surface area contributed by atoms with Crippen molar-refractivity contribution in [1.82, 2.24) is 4.98 Å². The molecule has 1 rings (SSSR count). The molecule has 0 saturated heterocycles. The summed E-state index contributed by atoms with van der Waals surface area (Å²) < 4.78 is 4.62. The van der Waals surface area contributed by atoms with Gasteiger partial charge in [0.15, 0.2) is 0 Å². The Labute approximate surface area is 93.9 Å². The van der Waals surface area contributed by atoms with Gasteiger partial charge in [-0.3, -0.25) is 4.98 Å². The molecule has 0 saturated carbocycles. The van der Waals surface area contributed by atoms with Crippen LogP contribution in [0.25, 0.3) is 12.2 Å². The molecule has 0 bridgehead atoms. The van der Waals surface area contributed by atoms with Crippen molar-refractivity contribution in [3.63, 3.8) is 0 Å². The molecule has 1 heterocycles. The van der Waals surface area contributed by atoms with Crippen LogP contribution < -0.4 is 0 Å². The molecule has 16 heavy (non-hydrogen) atoms. The zero-order valence-corrected chi connectivity index (χ0v) is 9.01. The largest absolute Gasteiger partial charge is 0.502 e. The molecule has 0 aliphatic carbocycles. The highest BCUT2D eigenvalue weighted by molar-refractivity contribution is 5.90. The van der Waals surface area contributed by atoms with Gasteiger partial charge in [0.25, 0.3) is 0 Å². The van der Waals surface area contributed by atoms with E-state index in [-0.39, 0.29) is 6.61 Å². The fraction of sp³-hybridized carbons (Fsp3) is 0.167. The third kappa shape index (κ3) is 3.24. The fourth-order valence-corrected chi connectivity index (χ4v) is 1.03. The number of esters is 1. The molecule has 0 fully saturated rings. The highest BCUT2D eigenvalue weighted by atomic mass is 16.5. The Morgan fingerprint density at radius 1 is 1.62 bits per heavy atom. The van der Waals surface area contributed by atoms with Crippen LogP contribution in [0.3, 0.4) is 0 Å². The summed E-state index contributed by atoms with van der Waals surface area (Å²) in [6.07, 6.45) is 4.51. The number of hydrogen-bond acceptors (Lipinski definition) is 4. The second-order valence-electron chi connectivity index (χ2n) is 2.97. The van der Waals surface area contributed by atoms with Crippen molar-refractivity contribution in [3.05, 3.63) is 41.9 Å². The van der Waals surface area contributed by atoms with Gasteiger partial charge in [0, 0.05) is 12.3 Å². The molecule has 1 aromatic rings. The number of ether oxygens (including phenoxy) is 1. The maximum atomic E-state index is 11.1. The molecule has 0 atom stereocenters. The maximum absolute atomic E-state index is 11.1. The van der Waals surface area contributed by atoms with Gasteiger partial charge in [-0.2, -0.15) is 0 Å². The van der Waals surface area contributed by atoms with Crippen molar-refractivity contribution in [3.8, 4) is 0 Å². The third-order valence-electron chi connectivity index (χ3n) is 1.81. The van der Waals surface area contributed by atoms with Crippen LogP contribution in [0.2, 0.25) is 0 Å². The van der Waals surface area contributed by atoms with E-state index >= 15 is 0 Å². The summed E-state index contributed by atoms with van der Waals surface area (Å²) in [5.74, 6) is -1.21. The molecule has 1 aromatic heterocycles. The van der Waals surface area contributed by atoms with Gasteiger partial charge in [-0.25, -0.2) is 4.79 Å². The predicted octanol–water partition coefficient (Wildman–Crippen LogP) is 2.19. The van der Waals surface area contributed by atoms with Crippen LogP contribution in [-0.2, 0) is 9.53 Å². The van der Waals surface area contributed by atoms with Gasteiger partial charge < -0.3 is 9.84 Å². The van der Waals surface area contributed by atoms with E-state index in [9.17, 15) is 9.90 Å². The van der Waals surface area contributed by atoms with Gasteiger partial charge in [0.05, 0.1) is 12.3 Å². The lowest BCUT2D eigenvalue weighted by atomic mass is 10.2. The van der Waals surface area contributed by atoms with Crippen molar-refractivity contribution in [1.29, 1.82) is 0 Å². The Balaban J connectivity index is 2.81. The molecule has 4 nitrogen and oxygen atoms in total. The molecule has 84 valence electrons. The Kier molecular flexibility index (Phi) is 4.27. The third-order valence-corrected chi connectivity index (χ3v) is 1.81.